The van der Waals surface area contributed by atoms with Crippen LogP contribution in [0.1, 0.15) is 27.7 Å². The van der Waals surface area contributed by atoms with Gasteiger partial charge in [-0.25, -0.2) is 0 Å². The summed E-state index contributed by atoms with van der Waals surface area (Å²) in [5.41, 5.74) is 7.20. The van der Waals surface area contributed by atoms with Crippen molar-refractivity contribution >= 4 is 0 Å². The molecule has 0 atom stereocenters. The minimum atomic E-state index is 1.34. The molecule has 0 aliphatic rings. The molecule has 10 heavy (non-hydrogen) atoms. The predicted octanol–water partition coefficient (Wildman–Crippen LogP) is 2.49. The summed E-state index contributed by atoms with van der Waals surface area (Å²) >= 11 is 0. The molecule has 0 saturated heterocycles. The molecule has 1 heteroatoms. The van der Waals surface area contributed by atoms with E-state index in [1.54, 1.807) is 0 Å². The highest BCUT2D eigenvalue weighted by Crippen LogP contribution is 1.98. The van der Waals surface area contributed by atoms with Gasteiger partial charge in [0.2, 0.25) is 0 Å². The number of hydrogen-bond acceptors (Lipinski definition) is 1. The second-order valence-corrected chi connectivity index (χ2v) is 2.25. The second kappa shape index (κ2) is 8.44. The van der Waals surface area contributed by atoms with Crippen LogP contribution in [0.25, 0.3) is 0 Å². The number of rotatable bonds is 1. The number of hydrogen-bond donors (Lipinski definition) is 1. The summed E-state index contributed by atoms with van der Waals surface area (Å²) < 4.78 is 0. The van der Waals surface area contributed by atoms with Gasteiger partial charge in [0.05, 0.1) is 0 Å². The summed E-state index contributed by atoms with van der Waals surface area (Å²) in [4.78, 5) is 0. The second-order valence-electron chi connectivity index (χ2n) is 2.25. The molecule has 0 aliphatic carbocycles. The van der Waals surface area contributed by atoms with E-state index in [4.69, 9.17) is 0 Å². The van der Waals surface area contributed by atoms with Crippen molar-refractivity contribution < 1.29 is 0 Å². The van der Waals surface area contributed by atoms with Crippen LogP contribution in [0, 0.1) is 0 Å². The summed E-state index contributed by atoms with van der Waals surface area (Å²) in [6.07, 6.45) is 4.27. The molecule has 0 saturated carbocycles. The summed E-state index contributed by atoms with van der Waals surface area (Å²) in [6.45, 7) is 8.36. The van der Waals surface area contributed by atoms with Crippen LogP contribution in [0.2, 0.25) is 0 Å². The molecule has 0 heterocycles. The first-order valence-electron chi connectivity index (χ1n) is 3.52. The first kappa shape index (κ1) is 12.1. The van der Waals surface area contributed by atoms with E-state index in [1.807, 2.05) is 0 Å². The van der Waals surface area contributed by atoms with E-state index in [1.165, 1.54) is 18.2 Å². The maximum absolute atomic E-state index is 4.50. The fraction of sp³-hybridized carbons (Fsp3) is 0.556. The van der Waals surface area contributed by atoms with E-state index in [2.05, 4.69) is 45.6 Å². The number of nitrogens with two attached hydrogens (primary N) is 1. The zero-order chi connectivity index (χ0) is 8.57. The molecule has 0 aromatic heterocycles. The van der Waals surface area contributed by atoms with Gasteiger partial charge in [-0.2, -0.15) is 0 Å². The SMILES string of the molecule is C/C=C(/C)C=C(C)C.CN. The van der Waals surface area contributed by atoms with Crippen molar-refractivity contribution in [2.24, 2.45) is 5.73 Å². The molecule has 0 amide bonds. The van der Waals surface area contributed by atoms with E-state index in [-0.39, 0.29) is 0 Å². The van der Waals surface area contributed by atoms with Gasteiger partial charge in [-0.1, -0.05) is 23.3 Å². The summed E-state index contributed by atoms with van der Waals surface area (Å²) in [6, 6.07) is 0. The van der Waals surface area contributed by atoms with E-state index in [0.717, 1.165) is 0 Å². The largest absolute Gasteiger partial charge is 0.333 e. The molecule has 0 aromatic rings. The third kappa shape index (κ3) is 10.4. The Labute approximate surface area is 64.6 Å². The normalized spacial score (nSPS) is 9.60. The molecule has 2 N–H and O–H groups in total. The van der Waals surface area contributed by atoms with Crippen LogP contribution in [-0.2, 0) is 0 Å². The smallest absolute Gasteiger partial charge is 0.0195 e. The van der Waals surface area contributed by atoms with Crippen molar-refractivity contribution in [3.05, 3.63) is 23.3 Å². The van der Waals surface area contributed by atoms with E-state index >= 15 is 0 Å². The van der Waals surface area contributed by atoms with Gasteiger partial charge >= 0.3 is 0 Å². The monoisotopic (exact) mass is 141 g/mol. The lowest BCUT2D eigenvalue weighted by Crippen LogP contribution is -1.69. The Hall–Kier alpha value is -0.560. The summed E-state index contributed by atoms with van der Waals surface area (Å²) in [5.74, 6) is 0. The van der Waals surface area contributed by atoms with Crippen molar-refractivity contribution in [1.82, 2.24) is 0 Å². The minimum absolute atomic E-state index is 1.34. The number of allylic oxidation sites excluding steroid dienone is 4. The fourth-order valence-corrected chi connectivity index (χ4v) is 0.539. The highest BCUT2D eigenvalue weighted by atomic mass is 14.4. The van der Waals surface area contributed by atoms with E-state index in [9.17, 15) is 0 Å². The topological polar surface area (TPSA) is 26.0 Å². The lowest BCUT2D eigenvalue weighted by Gasteiger charge is -1.88. The van der Waals surface area contributed by atoms with Gasteiger partial charge in [0, 0.05) is 0 Å². The third-order valence-corrected chi connectivity index (χ3v) is 0.972. The zero-order valence-electron chi connectivity index (χ0n) is 7.73. The Morgan fingerprint density at radius 1 is 1.10 bits per heavy atom. The van der Waals surface area contributed by atoms with E-state index in [0.29, 0.717) is 0 Å². The van der Waals surface area contributed by atoms with Gasteiger partial charge in [-0.05, 0) is 34.7 Å². The molecule has 0 fully saturated rings. The average Bonchev–Trinajstić information content (AvgIpc) is 1.91. The van der Waals surface area contributed by atoms with Crippen molar-refractivity contribution in [1.29, 1.82) is 0 Å². The summed E-state index contributed by atoms with van der Waals surface area (Å²) in [7, 11) is 1.50. The Bertz CT molecular complexity index is 117. The molecule has 0 aromatic carbocycles. The maximum Gasteiger partial charge on any atom is -0.0195 e. The molecule has 0 aliphatic heterocycles. The van der Waals surface area contributed by atoms with Crippen LogP contribution < -0.4 is 5.73 Å². The van der Waals surface area contributed by atoms with Crippen LogP contribution in [0.15, 0.2) is 23.3 Å². The van der Waals surface area contributed by atoms with Gasteiger partial charge < -0.3 is 5.73 Å². The lowest BCUT2D eigenvalue weighted by molar-refractivity contribution is 1.34. The Balaban J connectivity index is 0. The minimum Gasteiger partial charge on any atom is -0.333 e. The van der Waals surface area contributed by atoms with Gasteiger partial charge in [0.15, 0.2) is 0 Å². The van der Waals surface area contributed by atoms with Gasteiger partial charge in [-0.3, -0.25) is 0 Å². The zero-order valence-corrected chi connectivity index (χ0v) is 7.73. The first-order valence-corrected chi connectivity index (χ1v) is 3.52. The van der Waals surface area contributed by atoms with Crippen molar-refractivity contribution in [2.75, 3.05) is 7.05 Å². The van der Waals surface area contributed by atoms with Crippen molar-refractivity contribution in [2.45, 2.75) is 27.7 Å². The molecule has 0 unspecified atom stereocenters. The molecular formula is C9H19N. The highest BCUT2D eigenvalue weighted by Gasteiger charge is 1.77. The molecule has 0 rings (SSSR count). The van der Waals surface area contributed by atoms with Gasteiger partial charge in [0.1, 0.15) is 0 Å². The lowest BCUT2D eigenvalue weighted by atomic mass is 10.2. The maximum atomic E-state index is 4.50. The van der Waals surface area contributed by atoms with Crippen LogP contribution in [0.5, 0.6) is 0 Å². The van der Waals surface area contributed by atoms with Crippen molar-refractivity contribution in [3.63, 3.8) is 0 Å². The highest BCUT2D eigenvalue weighted by molar-refractivity contribution is 5.18. The van der Waals surface area contributed by atoms with Crippen LogP contribution >= 0.6 is 0 Å². The Morgan fingerprint density at radius 3 is 1.60 bits per heavy atom. The van der Waals surface area contributed by atoms with E-state index < -0.39 is 0 Å². The fourth-order valence-electron chi connectivity index (χ4n) is 0.539. The Kier molecular flexibility index (Phi) is 10.3. The average molecular weight is 141 g/mol. The van der Waals surface area contributed by atoms with Crippen LogP contribution in [0.3, 0.4) is 0 Å². The molecule has 0 radical (unpaired) electrons. The third-order valence-electron chi connectivity index (χ3n) is 0.972. The molecule has 1 nitrogen and oxygen atoms in total. The van der Waals surface area contributed by atoms with Crippen LogP contribution in [-0.4, -0.2) is 7.05 Å². The molecular weight excluding hydrogens is 122 g/mol. The van der Waals surface area contributed by atoms with Gasteiger partial charge in [0.25, 0.3) is 0 Å². The Morgan fingerprint density at radius 2 is 1.50 bits per heavy atom. The quantitative estimate of drug-likeness (QED) is 0.558. The molecule has 0 spiro atoms. The molecule has 60 valence electrons. The standard InChI is InChI=1S/C8H14.CH5N/c1-5-8(4)6-7(2)3;1-2/h5-6H,1-4H3;2H2,1H3/b8-5-;. The first-order chi connectivity index (χ1) is 4.66. The van der Waals surface area contributed by atoms with Crippen LogP contribution in [0.4, 0.5) is 0 Å². The van der Waals surface area contributed by atoms with Crippen molar-refractivity contribution in [3.8, 4) is 0 Å². The molecule has 0 bridgehead atoms. The summed E-state index contributed by atoms with van der Waals surface area (Å²) in [5, 5.41) is 0. The predicted molar refractivity (Wildman–Crippen MR) is 49.0 cm³/mol. The van der Waals surface area contributed by atoms with Gasteiger partial charge in [-0.15, -0.1) is 0 Å².